The maximum Gasteiger partial charge on any atom is 0.265 e. The molecule has 5 nitrogen and oxygen atoms in total. The van der Waals surface area contributed by atoms with E-state index in [-0.39, 0.29) is 18.4 Å². The van der Waals surface area contributed by atoms with Crippen LogP contribution in [0.2, 0.25) is 0 Å². The van der Waals surface area contributed by atoms with Crippen molar-refractivity contribution < 1.29 is 14.3 Å². The molecular formula is C17H16N2O3S. The Balaban J connectivity index is 1.53. The van der Waals surface area contributed by atoms with E-state index in [0.29, 0.717) is 17.1 Å². The molecule has 0 saturated heterocycles. The molecule has 2 N–H and O–H groups in total. The molecule has 0 fully saturated rings. The van der Waals surface area contributed by atoms with Crippen LogP contribution in [0.15, 0.2) is 24.3 Å². The van der Waals surface area contributed by atoms with Gasteiger partial charge in [-0.05, 0) is 55.5 Å². The van der Waals surface area contributed by atoms with E-state index < -0.39 is 0 Å². The summed E-state index contributed by atoms with van der Waals surface area (Å²) in [7, 11) is 0. The summed E-state index contributed by atoms with van der Waals surface area (Å²) in [6.07, 6.45) is 4.56. The number of carbonyl (C=O) groups excluding carboxylic acids is 2. The van der Waals surface area contributed by atoms with Crippen LogP contribution < -0.4 is 15.4 Å². The third kappa shape index (κ3) is 2.82. The number of carbonyl (C=O) groups is 2. The second kappa shape index (κ2) is 5.70. The summed E-state index contributed by atoms with van der Waals surface area (Å²) >= 11 is 1.59. The SMILES string of the molecule is O=C1COc2ccc(NC(=O)c3cc4c(s3)CCCC4)cc2N1. The van der Waals surface area contributed by atoms with E-state index in [4.69, 9.17) is 4.74 Å². The lowest BCUT2D eigenvalue weighted by Crippen LogP contribution is -2.25. The van der Waals surface area contributed by atoms with Gasteiger partial charge in [-0.25, -0.2) is 0 Å². The molecule has 0 unspecified atom stereocenters. The molecule has 1 aliphatic carbocycles. The Morgan fingerprint density at radius 1 is 1.22 bits per heavy atom. The van der Waals surface area contributed by atoms with Crippen LogP contribution in [0.5, 0.6) is 5.75 Å². The highest BCUT2D eigenvalue weighted by Crippen LogP contribution is 2.32. The molecule has 0 radical (unpaired) electrons. The quantitative estimate of drug-likeness (QED) is 0.889. The minimum absolute atomic E-state index is 0.0272. The lowest BCUT2D eigenvalue weighted by Gasteiger charge is -2.18. The third-order valence-electron chi connectivity index (χ3n) is 4.09. The van der Waals surface area contributed by atoms with Crippen LogP contribution in [0, 0.1) is 0 Å². The van der Waals surface area contributed by atoms with Gasteiger partial charge in [-0.2, -0.15) is 0 Å². The second-order valence-corrected chi connectivity index (χ2v) is 6.90. The van der Waals surface area contributed by atoms with Gasteiger partial charge in [0, 0.05) is 10.6 Å². The molecule has 2 aliphatic rings. The van der Waals surface area contributed by atoms with Crippen LogP contribution >= 0.6 is 11.3 Å². The van der Waals surface area contributed by atoms with Crippen LogP contribution in [0.25, 0.3) is 0 Å². The van der Waals surface area contributed by atoms with Crippen molar-refractivity contribution in [3.05, 3.63) is 39.6 Å². The first-order valence-corrected chi connectivity index (χ1v) is 8.50. The van der Waals surface area contributed by atoms with Crippen molar-refractivity contribution in [3.63, 3.8) is 0 Å². The molecule has 1 aromatic carbocycles. The summed E-state index contributed by atoms with van der Waals surface area (Å²) in [6, 6.07) is 7.27. The van der Waals surface area contributed by atoms with E-state index in [1.165, 1.54) is 23.3 Å². The first-order chi connectivity index (χ1) is 11.2. The number of amides is 2. The zero-order valence-electron chi connectivity index (χ0n) is 12.5. The highest BCUT2D eigenvalue weighted by molar-refractivity contribution is 7.14. The molecule has 6 heteroatoms. The maximum absolute atomic E-state index is 12.4. The lowest BCUT2D eigenvalue weighted by atomic mass is 9.99. The van der Waals surface area contributed by atoms with Crippen molar-refractivity contribution in [1.29, 1.82) is 0 Å². The number of benzene rings is 1. The number of hydrogen-bond donors (Lipinski definition) is 2. The van der Waals surface area contributed by atoms with E-state index in [2.05, 4.69) is 10.6 Å². The first kappa shape index (κ1) is 14.3. The van der Waals surface area contributed by atoms with E-state index in [1.807, 2.05) is 6.07 Å². The molecule has 23 heavy (non-hydrogen) atoms. The van der Waals surface area contributed by atoms with Crippen LogP contribution in [0.1, 0.15) is 33.0 Å². The number of aryl methyl sites for hydroxylation is 2. The Kier molecular flexibility index (Phi) is 3.53. The Labute approximate surface area is 137 Å². The summed E-state index contributed by atoms with van der Waals surface area (Å²) in [6.45, 7) is 0.0272. The highest BCUT2D eigenvalue weighted by Gasteiger charge is 2.19. The monoisotopic (exact) mass is 328 g/mol. The number of anilines is 2. The van der Waals surface area contributed by atoms with Crippen molar-refractivity contribution in [2.24, 2.45) is 0 Å². The normalized spacial score (nSPS) is 15.9. The van der Waals surface area contributed by atoms with Crippen molar-refractivity contribution in [2.75, 3.05) is 17.2 Å². The predicted octanol–water partition coefficient (Wildman–Crippen LogP) is 3.21. The van der Waals surface area contributed by atoms with Crippen molar-refractivity contribution in [3.8, 4) is 5.75 Å². The standard InChI is InChI=1S/C17H16N2O3S/c20-16-9-22-13-6-5-11(8-12(13)19-16)18-17(21)15-7-10-3-1-2-4-14(10)23-15/h5-8H,1-4,9H2,(H,18,21)(H,19,20). The van der Waals surface area contributed by atoms with E-state index >= 15 is 0 Å². The van der Waals surface area contributed by atoms with Crippen LogP contribution in [0.3, 0.4) is 0 Å². The molecule has 118 valence electrons. The van der Waals surface area contributed by atoms with Gasteiger partial charge in [0.1, 0.15) is 5.75 Å². The van der Waals surface area contributed by atoms with Gasteiger partial charge >= 0.3 is 0 Å². The summed E-state index contributed by atoms with van der Waals surface area (Å²) in [5, 5.41) is 5.64. The fourth-order valence-electron chi connectivity index (χ4n) is 2.96. The van der Waals surface area contributed by atoms with Gasteiger partial charge in [-0.15, -0.1) is 11.3 Å². The van der Waals surface area contributed by atoms with Gasteiger partial charge in [-0.1, -0.05) is 0 Å². The van der Waals surface area contributed by atoms with E-state index in [9.17, 15) is 9.59 Å². The molecule has 1 aromatic heterocycles. The minimum Gasteiger partial charge on any atom is -0.482 e. The zero-order chi connectivity index (χ0) is 15.8. The molecule has 4 rings (SSSR count). The minimum atomic E-state index is -0.188. The van der Waals surface area contributed by atoms with Gasteiger partial charge in [0.15, 0.2) is 6.61 Å². The predicted molar refractivity (Wildman–Crippen MR) is 89.5 cm³/mol. The highest BCUT2D eigenvalue weighted by atomic mass is 32.1. The second-order valence-electron chi connectivity index (χ2n) is 5.77. The molecule has 0 spiro atoms. The average molecular weight is 328 g/mol. The van der Waals surface area contributed by atoms with Crippen LogP contribution in [0.4, 0.5) is 11.4 Å². The smallest absolute Gasteiger partial charge is 0.265 e. The fraction of sp³-hybridized carbons (Fsp3) is 0.294. The molecule has 2 aromatic rings. The number of rotatable bonds is 2. The fourth-order valence-corrected chi connectivity index (χ4v) is 4.10. The van der Waals surface area contributed by atoms with Crippen LogP contribution in [-0.2, 0) is 17.6 Å². The first-order valence-electron chi connectivity index (χ1n) is 7.69. The van der Waals surface area contributed by atoms with Crippen LogP contribution in [-0.4, -0.2) is 18.4 Å². The Bertz CT molecular complexity index is 774. The van der Waals surface area contributed by atoms with Crippen molar-refractivity contribution >= 4 is 34.5 Å². The van der Waals surface area contributed by atoms with Gasteiger partial charge in [-0.3, -0.25) is 9.59 Å². The number of nitrogens with one attached hydrogen (secondary N) is 2. The summed E-state index contributed by atoms with van der Waals surface area (Å²) in [5.41, 5.74) is 2.55. The lowest BCUT2D eigenvalue weighted by molar-refractivity contribution is -0.118. The van der Waals surface area contributed by atoms with Crippen molar-refractivity contribution in [1.82, 2.24) is 0 Å². The molecule has 1 aliphatic heterocycles. The number of thiophene rings is 1. The topological polar surface area (TPSA) is 67.4 Å². The Hall–Kier alpha value is -2.34. The average Bonchev–Trinajstić information content (AvgIpc) is 2.98. The van der Waals surface area contributed by atoms with Gasteiger partial charge in [0.2, 0.25) is 0 Å². The third-order valence-corrected chi connectivity index (χ3v) is 5.33. The summed E-state index contributed by atoms with van der Waals surface area (Å²) < 4.78 is 5.31. The van der Waals surface area contributed by atoms with Gasteiger partial charge < -0.3 is 15.4 Å². The van der Waals surface area contributed by atoms with E-state index in [0.717, 1.165) is 17.7 Å². The van der Waals surface area contributed by atoms with Gasteiger partial charge in [0.25, 0.3) is 11.8 Å². The summed E-state index contributed by atoms with van der Waals surface area (Å²) in [5.74, 6) is 0.327. The number of ether oxygens (including phenoxy) is 1. The molecule has 0 bridgehead atoms. The molecule has 2 amide bonds. The molecule has 0 atom stereocenters. The maximum atomic E-state index is 12.4. The van der Waals surface area contributed by atoms with Gasteiger partial charge in [0.05, 0.1) is 10.6 Å². The molecular weight excluding hydrogens is 312 g/mol. The summed E-state index contributed by atoms with van der Waals surface area (Å²) in [4.78, 5) is 25.9. The zero-order valence-corrected chi connectivity index (χ0v) is 13.3. The Morgan fingerprint density at radius 2 is 2.09 bits per heavy atom. The largest absolute Gasteiger partial charge is 0.482 e. The molecule has 0 saturated carbocycles. The number of hydrogen-bond acceptors (Lipinski definition) is 4. The van der Waals surface area contributed by atoms with E-state index in [1.54, 1.807) is 29.5 Å². The van der Waals surface area contributed by atoms with Crippen molar-refractivity contribution in [2.45, 2.75) is 25.7 Å². The molecule has 2 heterocycles. The number of fused-ring (bicyclic) bond motifs is 2. The Morgan fingerprint density at radius 3 is 2.96 bits per heavy atom.